The molecule has 0 radical (unpaired) electrons. The van der Waals surface area contributed by atoms with Crippen LogP contribution in [0.2, 0.25) is 5.02 Å². The van der Waals surface area contributed by atoms with Crippen LogP contribution < -0.4 is 0 Å². The Morgan fingerprint density at radius 3 is 2.52 bits per heavy atom. The summed E-state index contributed by atoms with van der Waals surface area (Å²) in [5, 5.41) is 2.85. The first-order valence-corrected chi connectivity index (χ1v) is 10.3. The van der Waals surface area contributed by atoms with Gasteiger partial charge in [-0.05, 0) is 41.3 Å². The molecule has 0 aliphatic heterocycles. The van der Waals surface area contributed by atoms with Crippen molar-refractivity contribution >= 4 is 51.7 Å². The summed E-state index contributed by atoms with van der Waals surface area (Å²) in [6.45, 7) is 0. The van der Waals surface area contributed by atoms with Gasteiger partial charge in [0.05, 0.1) is 17.1 Å². The molecule has 2 heterocycles. The highest BCUT2D eigenvalue weighted by Crippen LogP contribution is 2.39. The number of pyridine rings is 2. The number of aromatic nitrogens is 2. The summed E-state index contributed by atoms with van der Waals surface area (Å²) < 4.78 is -0.897. The first kappa shape index (κ1) is 18.6. The van der Waals surface area contributed by atoms with E-state index in [1.807, 2.05) is 54.6 Å². The summed E-state index contributed by atoms with van der Waals surface area (Å²) in [5.41, 5.74) is 5.61. The lowest BCUT2D eigenvalue weighted by Crippen LogP contribution is -2.17. The molecule has 4 aromatic rings. The predicted octanol–water partition coefficient (Wildman–Crippen LogP) is 7.36. The van der Waals surface area contributed by atoms with Crippen LogP contribution in [0.15, 0.2) is 72.9 Å². The van der Waals surface area contributed by atoms with E-state index < -0.39 is 4.33 Å². The Morgan fingerprint density at radius 1 is 0.897 bits per heavy atom. The second-order valence-corrected chi connectivity index (χ2v) is 9.07. The van der Waals surface area contributed by atoms with E-state index in [9.17, 15) is 0 Å². The molecule has 0 saturated carbocycles. The Balaban J connectivity index is 1.77. The van der Waals surface area contributed by atoms with Crippen molar-refractivity contribution in [3.05, 3.63) is 89.1 Å². The molecule has 0 bridgehead atoms. The zero-order chi connectivity index (χ0) is 20.0. The standard InChI is InChI=1S/C24H15Cl3N2/c25-18-7-5-15(6-8-18)21-13-16-3-1-2-4-19(16)23(29-21)22-20-9-11-24(26,27)14-17(20)10-12-28-22/h1-13H,14H2. The number of fused-ring (bicyclic) bond motifs is 2. The fourth-order valence-corrected chi connectivity index (χ4v) is 4.25. The summed E-state index contributed by atoms with van der Waals surface area (Å²) in [5.74, 6) is 0. The van der Waals surface area contributed by atoms with Crippen LogP contribution in [0.4, 0.5) is 0 Å². The highest BCUT2D eigenvalue weighted by atomic mass is 35.5. The van der Waals surface area contributed by atoms with Crippen LogP contribution in [-0.4, -0.2) is 14.3 Å². The molecule has 0 spiro atoms. The summed E-state index contributed by atoms with van der Waals surface area (Å²) in [4.78, 5) is 9.70. The van der Waals surface area contributed by atoms with Crippen LogP contribution in [0.3, 0.4) is 0 Å². The molecule has 5 heteroatoms. The Hall–Kier alpha value is -2.39. The lowest BCUT2D eigenvalue weighted by molar-refractivity contribution is 0.917. The maximum atomic E-state index is 6.34. The van der Waals surface area contributed by atoms with Crippen LogP contribution in [0.1, 0.15) is 11.1 Å². The number of benzene rings is 2. The molecule has 29 heavy (non-hydrogen) atoms. The van der Waals surface area contributed by atoms with E-state index in [-0.39, 0.29) is 0 Å². The Kier molecular flexibility index (Phi) is 4.59. The quantitative estimate of drug-likeness (QED) is 0.306. The van der Waals surface area contributed by atoms with Gasteiger partial charge in [-0.25, -0.2) is 4.98 Å². The van der Waals surface area contributed by atoms with Gasteiger partial charge >= 0.3 is 0 Å². The summed E-state index contributed by atoms with van der Waals surface area (Å²) in [6.07, 6.45) is 6.09. The van der Waals surface area contributed by atoms with Crippen molar-refractivity contribution in [1.82, 2.24) is 9.97 Å². The zero-order valence-electron chi connectivity index (χ0n) is 15.2. The fraction of sp³-hybridized carbons (Fsp3) is 0.0833. The lowest BCUT2D eigenvalue weighted by Gasteiger charge is -2.23. The van der Waals surface area contributed by atoms with Gasteiger partial charge in [0.1, 0.15) is 4.33 Å². The summed E-state index contributed by atoms with van der Waals surface area (Å²) in [6, 6.07) is 20.0. The molecule has 0 unspecified atom stereocenters. The molecule has 0 fully saturated rings. The summed E-state index contributed by atoms with van der Waals surface area (Å²) in [7, 11) is 0. The first-order chi connectivity index (χ1) is 14.0. The molecular weight excluding hydrogens is 423 g/mol. The number of allylic oxidation sites excluding steroid dienone is 1. The van der Waals surface area contributed by atoms with Crippen molar-refractivity contribution in [3.63, 3.8) is 0 Å². The molecule has 0 saturated heterocycles. The van der Waals surface area contributed by atoms with E-state index in [0.717, 1.165) is 44.5 Å². The van der Waals surface area contributed by atoms with Crippen molar-refractivity contribution in [3.8, 4) is 22.6 Å². The average molecular weight is 438 g/mol. The third-order valence-corrected chi connectivity index (χ3v) is 5.88. The van der Waals surface area contributed by atoms with Crippen molar-refractivity contribution in [1.29, 1.82) is 0 Å². The molecule has 2 nitrogen and oxygen atoms in total. The van der Waals surface area contributed by atoms with Crippen LogP contribution in [0, 0.1) is 0 Å². The average Bonchev–Trinajstić information content (AvgIpc) is 2.72. The monoisotopic (exact) mass is 436 g/mol. The molecular formula is C24H15Cl3N2. The predicted molar refractivity (Wildman–Crippen MR) is 123 cm³/mol. The minimum absolute atomic E-state index is 0.534. The number of alkyl halides is 2. The molecule has 142 valence electrons. The Morgan fingerprint density at radius 2 is 1.69 bits per heavy atom. The number of rotatable bonds is 2. The highest BCUT2D eigenvalue weighted by molar-refractivity contribution is 6.50. The molecule has 5 rings (SSSR count). The molecule has 0 N–H and O–H groups in total. The van der Waals surface area contributed by atoms with Gasteiger partial charge in [-0.1, -0.05) is 77.3 Å². The molecule has 0 atom stereocenters. The van der Waals surface area contributed by atoms with Gasteiger partial charge < -0.3 is 0 Å². The van der Waals surface area contributed by atoms with Crippen LogP contribution in [0.5, 0.6) is 0 Å². The smallest absolute Gasteiger partial charge is 0.140 e. The topological polar surface area (TPSA) is 25.8 Å². The zero-order valence-corrected chi connectivity index (χ0v) is 17.5. The van der Waals surface area contributed by atoms with Crippen molar-refractivity contribution in [2.24, 2.45) is 0 Å². The van der Waals surface area contributed by atoms with Gasteiger partial charge in [0.2, 0.25) is 0 Å². The largest absolute Gasteiger partial charge is 0.254 e. The van der Waals surface area contributed by atoms with Crippen molar-refractivity contribution in [2.75, 3.05) is 0 Å². The van der Waals surface area contributed by atoms with E-state index in [4.69, 9.17) is 39.8 Å². The van der Waals surface area contributed by atoms with Crippen molar-refractivity contribution < 1.29 is 0 Å². The Bertz CT molecular complexity index is 1260. The van der Waals surface area contributed by atoms with Gasteiger partial charge in [-0.15, -0.1) is 0 Å². The maximum Gasteiger partial charge on any atom is 0.140 e. The minimum Gasteiger partial charge on any atom is -0.254 e. The normalized spacial score (nSPS) is 14.7. The van der Waals surface area contributed by atoms with Crippen LogP contribution in [0.25, 0.3) is 39.5 Å². The number of hydrogen-bond donors (Lipinski definition) is 0. The number of halogens is 3. The van der Waals surface area contributed by atoms with E-state index in [2.05, 4.69) is 23.2 Å². The first-order valence-electron chi connectivity index (χ1n) is 9.21. The van der Waals surface area contributed by atoms with Gasteiger partial charge in [-0.2, -0.15) is 0 Å². The van der Waals surface area contributed by atoms with Gasteiger partial charge in [0, 0.05) is 34.2 Å². The van der Waals surface area contributed by atoms with Crippen LogP contribution in [-0.2, 0) is 6.42 Å². The van der Waals surface area contributed by atoms with E-state index in [1.165, 1.54) is 0 Å². The minimum atomic E-state index is -0.897. The summed E-state index contributed by atoms with van der Waals surface area (Å²) >= 11 is 18.8. The molecule has 1 aliphatic carbocycles. The fourth-order valence-electron chi connectivity index (χ4n) is 3.71. The highest BCUT2D eigenvalue weighted by Gasteiger charge is 2.27. The van der Waals surface area contributed by atoms with Gasteiger partial charge in [-0.3, -0.25) is 4.98 Å². The third kappa shape index (κ3) is 3.53. The van der Waals surface area contributed by atoms with E-state index in [0.29, 0.717) is 11.4 Å². The van der Waals surface area contributed by atoms with E-state index >= 15 is 0 Å². The third-order valence-electron chi connectivity index (χ3n) is 5.11. The van der Waals surface area contributed by atoms with Crippen LogP contribution >= 0.6 is 34.8 Å². The van der Waals surface area contributed by atoms with Gasteiger partial charge in [0.25, 0.3) is 0 Å². The SMILES string of the molecule is Clc1ccc(-c2cc3ccccc3c(-c3nccc4c3C=CC(Cl)(Cl)C4)n2)cc1. The second kappa shape index (κ2) is 7.14. The Labute approximate surface area is 183 Å². The lowest BCUT2D eigenvalue weighted by atomic mass is 9.93. The molecule has 0 amide bonds. The van der Waals surface area contributed by atoms with Crippen molar-refractivity contribution in [2.45, 2.75) is 10.8 Å². The number of hydrogen-bond acceptors (Lipinski definition) is 2. The second-order valence-electron chi connectivity index (χ2n) is 7.09. The molecule has 2 aromatic carbocycles. The maximum absolute atomic E-state index is 6.34. The molecule has 1 aliphatic rings. The number of nitrogens with zero attached hydrogens (tertiary/aromatic N) is 2. The molecule has 2 aromatic heterocycles. The van der Waals surface area contributed by atoms with Gasteiger partial charge in [0.15, 0.2) is 0 Å². The van der Waals surface area contributed by atoms with E-state index in [1.54, 1.807) is 6.20 Å².